The lowest BCUT2D eigenvalue weighted by Crippen LogP contribution is -2.25. The Hall–Kier alpha value is -2.45. The average molecular weight is 433 g/mol. The van der Waals surface area contributed by atoms with E-state index in [1.807, 2.05) is 0 Å². The third kappa shape index (κ3) is 4.91. The largest absolute Gasteiger partial charge is 0.372 e. The van der Waals surface area contributed by atoms with Crippen molar-refractivity contribution in [1.29, 1.82) is 0 Å². The van der Waals surface area contributed by atoms with E-state index in [1.54, 1.807) is 0 Å². The smallest absolute Gasteiger partial charge is 0.0438 e. The first-order chi connectivity index (χ1) is 15.1. The second kappa shape index (κ2) is 9.78. The van der Waals surface area contributed by atoms with Gasteiger partial charge in [0.2, 0.25) is 0 Å². The molecule has 162 valence electrons. The van der Waals surface area contributed by atoms with Crippen molar-refractivity contribution in [3.05, 3.63) is 76.3 Å². The summed E-state index contributed by atoms with van der Waals surface area (Å²) in [7, 11) is 0. The number of nitrogens with zero attached hydrogens (tertiary/aromatic N) is 1. The van der Waals surface area contributed by atoms with Crippen molar-refractivity contribution in [2.24, 2.45) is 0 Å². The predicted molar refractivity (Wildman–Crippen MR) is 136 cm³/mol. The van der Waals surface area contributed by atoms with Gasteiger partial charge in [-0.3, -0.25) is 0 Å². The molecule has 3 heteroatoms. The Bertz CT molecular complexity index is 1030. The van der Waals surface area contributed by atoms with E-state index in [0.717, 1.165) is 41.5 Å². The van der Waals surface area contributed by atoms with Crippen LogP contribution in [0.5, 0.6) is 0 Å². The van der Waals surface area contributed by atoms with Gasteiger partial charge in [-0.05, 0) is 103 Å². The van der Waals surface area contributed by atoms with E-state index in [2.05, 4.69) is 85.6 Å². The van der Waals surface area contributed by atoms with E-state index >= 15 is 0 Å². The molecule has 1 N–H and O–H groups in total. The van der Waals surface area contributed by atoms with Crippen LogP contribution >= 0.6 is 11.6 Å². The standard InChI is InChI=1S/C28H33ClN2/c1-4-6-14-31(15-7-5-2)25-12-10-23(11-13-25)30-24-9-8-21-17-22-18-28(29)20(3)16-26(22)27(21)19-24/h8-13,16,18-19,30H,4-7,14-15,17H2,1-3H3. The van der Waals surface area contributed by atoms with Crippen molar-refractivity contribution >= 4 is 28.7 Å². The van der Waals surface area contributed by atoms with Crippen LogP contribution in [0.4, 0.5) is 17.1 Å². The summed E-state index contributed by atoms with van der Waals surface area (Å²) in [5.41, 5.74) is 10.0. The first-order valence-corrected chi connectivity index (χ1v) is 12.0. The lowest BCUT2D eigenvalue weighted by Gasteiger charge is -2.25. The number of halogens is 1. The Morgan fingerprint density at radius 3 is 2.13 bits per heavy atom. The number of hydrogen-bond donors (Lipinski definition) is 1. The number of anilines is 3. The maximum absolute atomic E-state index is 6.35. The van der Waals surface area contributed by atoms with Gasteiger partial charge in [0.05, 0.1) is 0 Å². The van der Waals surface area contributed by atoms with Crippen LogP contribution in [0.15, 0.2) is 54.6 Å². The van der Waals surface area contributed by atoms with Crippen LogP contribution in [0.1, 0.15) is 56.2 Å². The van der Waals surface area contributed by atoms with E-state index < -0.39 is 0 Å². The first kappa shape index (κ1) is 21.8. The van der Waals surface area contributed by atoms with Crippen LogP contribution in [-0.4, -0.2) is 13.1 Å². The Balaban J connectivity index is 1.51. The topological polar surface area (TPSA) is 15.3 Å². The molecule has 0 bridgehead atoms. The van der Waals surface area contributed by atoms with E-state index in [9.17, 15) is 0 Å². The number of nitrogens with one attached hydrogen (secondary N) is 1. The second-order valence-electron chi connectivity index (χ2n) is 8.67. The number of rotatable bonds is 9. The van der Waals surface area contributed by atoms with Crippen LogP contribution < -0.4 is 10.2 Å². The molecule has 0 amide bonds. The van der Waals surface area contributed by atoms with Gasteiger partial charge in [0.25, 0.3) is 0 Å². The highest BCUT2D eigenvalue weighted by molar-refractivity contribution is 6.31. The molecular formula is C28H33ClN2. The van der Waals surface area contributed by atoms with Crippen LogP contribution in [0.2, 0.25) is 5.02 Å². The fourth-order valence-corrected chi connectivity index (χ4v) is 4.56. The van der Waals surface area contributed by atoms with Gasteiger partial charge < -0.3 is 10.2 Å². The molecule has 1 aliphatic carbocycles. The molecule has 0 saturated carbocycles. The molecule has 0 fully saturated rings. The van der Waals surface area contributed by atoms with Crippen molar-refractivity contribution in [3.63, 3.8) is 0 Å². The Morgan fingerprint density at radius 1 is 0.806 bits per heavy atom. The van der Waals surface area contributed by atoms with E-state index in [0.29, 0.717) is 0 Å². The molecule has 2 nitrogen and oxygen atoms in total. The summed E-state index contributed by atoms with van der Waals surface area (Å²) >= 11 is 6.35. The van der Waals surface area contributed by atoms with Gasteiger partial charge in [-0.15, -0.1) is 0 Å². The van der Waals surface area contributed by atoms with Crippen LogP contribution in [0, 0.1) is 6.92 Å². The molecule has 0 aromatic heterocycles. The van der Waals surface area contributed by atoms with Gasteiger partial charge in [-0.2, -0.15) is 0 Å². The van der Waals surface area contributed by atoms with Crippen LogP contribution in [0.25, 0.3) is 11.1 Å². The molecule has 0 aliphatic heterocycles. The van der Waals surface area contributed by atoms with Gasteiger partial charge in [-0.1, -0.05) is 44.4 Å². The van der Waals surface area contributed by atoms with Gasteiger partial charge in [-0.25, -0.2) is 0 Å². The lowest BCUT2D eigenvalue weighted by molar-refractivity contribution is 0.678. The number of fused-ring (bicyclic) bond motifs is 3. The highest BCUT2D eigenvalue weighted by Gasteiger charge is 2.20. The van der Waals surface area contributed by atoms with E-state index in [4.69, 9.17) is 11.6 Å². The first-order valence-electron chi connectivity index (χ1n) is 11.6. The summed E-state index contributed by atoms with van der Waals surface area (Å²) in [6.07, 6.45) is 5.91. The van der Waals surface area contributed by atoms with Gasteiger partial charge in [0.15, 0.2) is 0 Å². The van der Waals surface area contributed by atoms with Gasteiger partial charge in [0.1, 0.15) is 0 Å². The number of unbranched alkanes of at least 4 members (excludes halogenated alkanes) is 2. The Labute approximate surface area is 192 Å². The zero-order chi connectivity index (χ0) is 21.8. The van der Waals surface area contributed by atoms with Crippen molar-refractivity contribution < 1.29 is 0 Å². The summed E-state index contributed by atoms with van der Waals surface area (Å²) in [5, 5.41) is 4.46. The molecule has 3 aromatic carbocycles. The minimum atomic E-state index is 0.858. The highest BCUT2D eigenvalue weighted by atomic mass is 35.5. The SMILES string of the molecule is CCCCN(CCCC)c1ccc(Nc2ccc3c(c2)-c2cc(C)c(Cl)cc2C3)cc1. The molecule has 3 aromatic rings. The molecule has 0 heterocycles. The fourth-order valence-electron chi connectivity index (χ4n) is 4.37. The van der Waals surface area contributed by atoms with Crippen LogP contribution in [-0.2, 0) is 6.42 Å². The molecular weight excluding hydrogens is 400 g/mol. The van der Waals surface area contributed by atoms with Crippen molar-refractivity contribution in [1.82, 2.24) is 0 Å². The third-order valence-electron chi connectivity index (χ3n) is 6.25. The van der Waals surface area contributed by atoms with Crippen LogP contribution in [0.3, 0.4) is 0 Å². The zero-order valence-corrected chi connectivity index (χ0v) is 19.7. The van der Waals surface area contributed by atoms with E-state index in [1.165, 1.54) is 53.6 Å². The van der Waals surface area contributed by atoms with Crippen molar-refractivity contribution in [3.8, 4) is 11.1 Å². The summed E-state index contributed by atoms with van der Waals surface area (Å²) < 4.78 is 0. The van der Waals surface area contributed by atoms with Crippen molar-refractivity contribution in [2.75, 3.05) is 23.3 Å². The number of hydrogen-bond acceptors (Lipinski definition) is 2. The number of aryl methyl sites for hydroxylation is 1. The highest BCUT2D eigenvalue weighted by Crippen LogP contribution is 2.40. The molecule has 0 unspecified atom stereocenters. The minimum absolute atomic E-state index is 0.858. The summed E-state index contributed by atoms with van der Waals surface area (Å²) in [5.74, 6) is 0. The third-order valence-corrected chi connectivity index (χ3v) is 6.66. The van der Waals surface area contributed by atoms with E-state index in [-0.39, 0.29) is 0 Å². The molecule has 0 atom stereocenters. The lowest BCUT2D eigenvalue weighted by atomic mass is 10.0. The minimum Gasteiger partial charge on any atom is -0.372 e. The fraction of sp³-hybridized carbons (Fsp3) is 0.357. The molecule has 31 heavy (non-hydrogen) atoms. The Morgan fingerprint density at radius 2 is 1.45 bits per heavy atom. The molecule has 1 aliphatic rings. The Kier molecular flexibility index (Phi) is 6.87. The second-order valence-corrected chi connectivity index (χ2v) is 9.08. The quantitative estimate of drug-likeness (QED) is 0.285. The van der Waals surface area contributed by atoms with Gasteiger partial charge in [0, 0.05) is 35.2 Å². The molecule has 4 rings (SSSR count). The molecule has 0 radical (unpaired) electrons. The van der Waals surface area contributed by atoms with Gasteiger partial charge >= 0.3 is 0 Å². The normalized spacial score (nSPS) is 11.9. The van der Waals surface area contributed by atoms with Crippen molar-refractivity contribution in [2.45, 2.75) is 52.9 Å². The maximum Gasteiger partial charge on any atom is 0.0438 e. The zero-order valence-electron chi connectivity index (χ0n) is 19.0. The summed E-state index contributed by atoms with van der Waals surface area (Å²) in [6, 6.07) is 20.0. The monoisotopic (exact) mass is 432 g/mol. The molecule has 0 spiro atoms. The maximum atomic E-state index is 6.35. The number of benzene rings is 3. The molecule has 0 saturated heterocycles. The summed E-state index contributed by atoms with van der Waals surface area (Å²) in [4.78, 5) is 2.52. The average Bonchev–Trinajstić information content (AvgIpc) is 3.11. The summed E-state index contributed by atoms with van der Waals surface area (Å²) in [6.45, 7) is 8.87. The predicted octanol–water partition coefficient (Wildman–Crippen LogP) is 8.37.